The summed E-state index contributed by atoms with van der Waals surface area (Å²) in [5, 5.41) is 3.62. The van der Waals surface area contributed by atoms with Crippen molar-refractivity contribution in [3.8, 4) is 0 Å². The Morgan fingerprint density at radius 1 is 1.29 bits per heavy atom. The van der Waals surface area contributed by atoms with Crippen molar-refractivity contribution in [2.45, 2.75) is 64.7 Å². The first-order valence-corrected chi connectivity index (χ1v) is 8.18. The third kappa shape index (κ3) is 5.15. The molecule has 1 N–H and O–H groups in total. The van der Waals surface area contributed by atoms with Crippen LogP contribution in [0.5, 0.6) is 0 Å². The van der Waals surface area contributed by atoms with E-state index in [0.717, 1.165) is 45.5 Å². The second kappa shape index (κ2) is 6.97. The number of hydrogen-bond acceptors (Lipinski definition) is 4. The number of amides is 1. The molecule has 2 atom stereocenters. The van der Waals surface area contributed by atoms with E-state index in [0.29, 0.717) is 18.1 Å². The van der Waals surface area contributed by atoms with Gasteiger partial charge in [0, 0.05) is 25.7 Å². The van der Waals surface area contributed by atoms with Gasteiger partial charge >= 0.3 is 6.09 Å². The molecule has 5 heteroatoms. The highest BCUT2D eigenvalue weighted by Crippen LogP contribution is 2.20. The number of nitrogens with zero attached hydrogens (tertiary/aromatic N) is 1. The second-order valence-corrected chi connectivity index (χ2v) is 7.29. The Hall–Kier alpha value is -0.810. The van der Waals surface area contributed by atoms with Crippen LogP contribution in [-0.2, 0) is 9.47 Å². The molecule has 0 radical (unpaired) electrons. The number of carbonyl (C=O) groups is 1. The van der Waals surface area contributed by atoms with Gasteiger partial charge in [0.1, 0.15) is 5.60 Å². The molecule has 2 saturated heterocycles. The van der Waals surface area contributed by atoms with E-state index in [4.69, 9.17) is 9.47 Å². The predicted molar refractivity (Wildman–Crippen MR) is 82.4 cm³/mol. The second-order valence-electron chi connectivity index (χ2n) is 7.29. The monoisotopic (exact) mass is 298 g/mol. The number of likely N-dealkylation sites (tertiary alicyclic amines) is 1. The molecule has 0 spiro atoms. The van der Waals surface area contributed by atoms with Gasteiger partial charge in [0.25, 0.3) is 0 Å². The van der Waals surface area contributed by atoms with Gasteiger partial charge in [0.2, 0.25) is 0 Å². The summed E-state index contributed by atoms with van der Waals surface area (Å²) >= 11 is 0. The molecule has 1 amide bonds. The summed E-state index contributed by atoms with van der Waals surface area (Å²) < 4.78 is 11.0. The van der Waals surface area contributed by atoms with E-state index in [1.807, 2.05) is 25.7 Å². The fourth-order valence-corrected chi connectivity index (χ4v) is 2.96. The highest BCUT2D eigenvalue weighted by Gasteiger charge is 2.28. The minimum absolute atomic E-state index is 0.174. The first-order valence-electron chi connectivity index (χ1n) is 8.18. The van der Waals surface area contributed by atoms with Gasteiger partial charge in [-0.05, 0) is 59.4 Å². The van der Waals surface area contributed by atoms with E-state index in [9.17, 15) is 4.79 Å². The number of piperidine rings is 1. The maximum Gasteiger partial charge on any atom is 0.410 e. The molecule has 2 unspecified atom stereocenters. The molecular formula is C16H30N2O3. The molecule has 2 heterocycles. The molecule has 0 aliphatic carbocycles. The van der Waals surface area contributed by atoms with Crippen molar-refractivity contribution in [2.24, 2.45) is 5.92 Å². The summed E-state index contributed by atoms with van der Waals surface area (Å²) in [6.45, 7) is 11.4. The molecule has 0 aromatic rings. The van der Waals surface area contributed by atoms with Crippen LogP contribution in [0.2, 0.25) is 0 Å². The molecule has 0 aromatic heterocycles. The van der Waals surface area contributed by atoms with Gasteiger partial charge in [0.15, 0.2) is 0 Å². The highest BCUT2D eigenvalue weighted by atomic mass is 16.6. The smallest absolute Gasteiger partial charge is 0.410 e. The van der Waals surface area contributed by atoms with Crippen molar-refractivity contribution in [3.05, 3.63) is 0 Å². The largest absolute Gasteiger partial charge is 0.444 e. The Morgan fingerprint density at radius 2 is 1.95 bits per heavy atom. The van der Waals surface area contributed by atoms with Crippen LogP contribution in [-0.4, -0.2) is 55.0 Å². The highest BCUT2D eigenvalue weighted by molar-refractivity contribution is 5.68. The number of hydrogen-bond donors (Lipinski definition) is 1. The summed E-state index contributed by atoms with van der Waals surface area (Å²) in [5.41, 5.74) is -0.409. The zero-order chi connectivity index (χ0) is 15.5. The number of rotatable bonds is 3. The van der Waals surface area contributed by atoms with Crippen LogP contribution in [0.25, 0.3) is 0 Å². The first-order chi connectivity index (χ1) is 9.85. The van der Waals surface area contributed by atoms with Crippen LogP contribution < -0.4 is 5.32 Å². The summed E-state index contributed by atoms with van der Waals surface area (Å²) in [6, 6.07) is 0.494. The van der Waals surface area contributed by atoms with Gasteiger partial charge in [-0.3, -0.25) is 0 Å². The van der Waals surface area contributed by atoms with Crippen LogP contribution in [0.1, 0.15) is 47.0 Å². The fourth-order valence-electron chi connectivity index (χ4n) is 2.96. The maximum absolute atomic E-state index is 12.0. The fraction of sp³-hybridized carbons (Fsp3) is 0.938. The standard InChI is InChI=1S/C16H30N2O3/c1-12-14(7-10-20-12)17-11-13-5-8-18(9-6-13)15(19)21-16(2,3)4/h12-14,17H,5-11H2,1-4H3. The molecule has 0 saturated carbocycles. The molecule has 5 nitrogen and oxygen atoms in total. The van der Waals surface area contributed by atoms with E-state index in [1.165, 1.54) is 0 Å². The lowest BCUT2D eigenvalue weighted by Gasteiger charge is -2.34. The number of ether oxygens (including phenoxy) is 2. The van der Waals surface area contributed by atoms with Crippen LogP contribution in [0.3, 0.4) is 0 Å². The average molecular weight is 298 g/mol. The Morgan fingerprint density at radius 3 is 2.48 bits per heavy atom. The lowest BCUT2D eigenvalue weighted by molar-refractivity contribution is 0.0182. The van der Waals surface area contributed by atoms with Crippen molar-refractivity contribution in [3.63, 3.8) is 0 Å². The van der Waals surface area contributed by atoms with E-state index >= 15 is 0 Å². The summed E-state index contributed by atoms with van der Waals surface area (Å²) in [6.07, 6.45) is 3.36. The zero-order valence-electron chi connectivity index (χ0n) is 13.9. The third-order valence-corrected chi connectivity index (χ3v) is 4.31. The lowest BCUT2D eigenvalue weighted by atomic mass is 9.96. The summed E-state index contributed by atoms with van der Waals surface area (Å²) in [4.78, 5) is 13.8. The molecular weight excluding hydrogens is 268 g/mol. The minimum atomic E-state index is -0.409. The van der Waals surface area contributed by atoms with Crippen LogP contribution in [0.4, 0.5) is 4.79 Å². The van der Waals surface area contributed by atoms with Gasteiger partial charge in [0.05, 0.1) is 6.10 Å². The maximum atomic E-state index is 12.0. The van der Waals surface area contributed by atoms with Crippen LogP contribution in [0, 0.1) is 5.92 Å². The van der Waals surface area contributed by atoms with E-state index in [-0.39, 0.29) is 6.09 Å². The molecule has 0 bridgehead atoms. The summed E-state index contributed by atoms with van der Waals surface area (Å²) in [7, 11) is 0. The number of carbonyl (C=O) groups excluding carboxylic acids is 1. The number of nitrogens with one attached hydrogen (secondary N) is 1. The van der Waals surface area contributed by atoms with Crippen LogP contribution in [0.15, 0.2) is 0 Å². The molecule has 122 valence electrons. The zero-order valence-corrected chi connectivity index (χ0v) is 13.9. The lowest BCUT2D eigenvalue weighted by Crippen LogP contribution is -2.45. The molecule has 2 aliphatic rings. The third-order valence-electron chi connectivity index (χ3n) is 4.31. The van der Waals surface area contributed by atoms with E-state index < -0.39 is 5.60 Å². The SMILES string of the molecule is CC1OCCC1NCC1CCN(C(=O)OC(C)(C)C)CC1. The Labute approximate surface area is 128 Å². The van der Waals surface area contributed by atoms with E-state index in [2.05, 4.69) is 12.2 Å². The Bertz CT molecular complexity index is 346. The van der Waals surface area contributed by atoms with Crippen molar-refractivity contribution in [2.75, 3.05) is 26.2 Å². The van der Waals surface area contributed by atoms with Gasteiger partial charge in [-0.2, -0.15) is 0 Å². The predicted octanol–water partition coefficient (Wildman–Crippen LogP) is 2.40. The minimum Gasteiger partial charge on any atom is -0.444 e. The average Bonchev–Trinajstić information content (AvgIpc) is 2.80. The molecule has 21 heavy (non-hydrogen) atoms. The van der Waals surface area contributed by atoms with Crippen molar-refractivity contribution in [1.29, 1.82) is 0 Å². The topological polar surface area (TPSA) is 50.8 Å². The van der Waals surface area contributed by atoms with E-state index in [1.54, 1.807) is 0 Å². The molecule has 0 aromatic carbocycles. The van der Waals surface area contributed by atoms with Gasteiger partial charge in [-0.25, -0.2) is 4.79 Å². The van der Waals surface area contributed by atoms with Gasteiger partial charge < -0.3 is 19.7 Å². The van der Waals surface area contributed by atoms with Crippen molar-refractivity contribution >= 4 is 6.09 Å². The Kier molecular flexibility index (Phi) is 5.49. The molecule has 2 fully saturated rings. The first kappa shape index (κ1) is 16.6. The summed E-state index contributed by atoms with van der Waals surface area (Å²) in [5.74, 6) is 0.650. The van der Waals surface area contributed by atoms with Crippen molar-refractivity contribution < 1.29 is 14.3 Å². The van der Waals surface area contributed by atoms with Gasteiger partial charge in [-0.15, -0.1) is 0 Å². The molecule has 2 aliphatic heterocycles. The normalized spacial score (nSPS) is 27.9. The quantitative estimate of drug-likeness (QED) is 0.869. The Balaban J connectivity index is 1.67. The van der Waals surface area contributed by atoms with Crippen LogP contribution >= 0.6 is 0 Å². The van der Waals surface area contributed by atoms with Gasteiger partial charge in [-0.1, -0.05) is 0 Å². The van der Waals surface area contributed by atoms with Crippen molar-refractivity contribution in [1.82, 2.24) is 10.2 Å². The molecule has 2 rings (SSSR count).